The van der Waals surface area contributed by atoms with E-state index < -0.39 is 0 Å². The van der Waals surface area contributed by atoms with E-state index in [9.17, 15) is 5.11 Å². The van der Waals surface area contributed by atoms with Crippen LogP contribution in [0.4, 0.5) is 0 Å². The van der Waals surface area contributed by atoms with E-state index in [0.29, 0.717) is 12.0 Å². The van der Waals surface area contributed by atoms with Crippen LogP contribution in [0, 0.1) is 0 Å². The molecule has 0 aliphatic carbocycles. The summed E-state index contributed by atoms with van der Waals surface area (Å²) >= 11 is 0. The van der Waals surface area contributed by atoms with E-state index in [1.165, 1.54) is 11.3 Å². The zero-order valence-corrected chi connectivity index (χ0v) is 16.8. The van der Waals surface area contributed by atoms with Crippen LogP contribution in [0.25, 0.3) is 5.95 Å². The zero-order chi connectivity index (χ0) is 19.9. The van der Waals surface area contributed by atoms with Crippen molar-refractivity contribution >= 4 is 0 Å². The number of rotatable bonds is 8. The molecule has 1 aliphatic rings. The van der Waals surface area contributed by atoms with Gasteiger partial charge in [0.1, 0.15) is 0 Å². The van der Waals surface area contributed by atoms with E-state index in [-0.39, 0.29) is 6.61 Å². The lowest BCUT2D eigenvalue weighted by Crippen LogP contribution is -2.53. The molecule has 1 aromatic carbocycles. The molecule has 0 unspecified atom stereocenters. The van der Waals surface area contributed by atoms with E-state index in [2.05, 4.69) is 60.7 Å². The van der Waals surface area contributed by atoms with Gasteiger partial charge in [-0.2, -0.15) is 0 Å². The summed E-state index contributed by atoms with van der Waals surface area (Å²) in [6, 6.07) is 17.1. The van der Waals surface area contributed by atoms with Gasteiger partial charge in [-0.05, 0) is 36.6 Å². The second kappa shape index (κ2) is 9.78. The molecule has 2 aromatic heterocycles. The van der Waals surface area contributed by atoms with Crippen LogP contribution in [0.2, 0.25) is 0 Å². The summed E-state index contributed by atoms with van der Waals surface area (Å²) in [5.74, 6) is 0.709. The number of aromatic nitrogens is 3. The third-order valence-corrected chi connectivity index (χ3v) is 5.67. The molecule has 0 bridgehead atoms. The Hall–Kier alpha value is -2.54. The average molecular weight is 392 g/mol. The topological polar surface area (TPSA) is 57.4 Å². The molecule has 1 atom stereocenters. The van der Waals surface area contributed by atoms with Gasteiger partial charge in [0, 0.05) is 69.7 Å². The maximum atomic E-state index is 9.59. The van der Waals surface area contributed by atoms with Gasteiger partial charge in [0.15, 0.2) is 0 Å². The molecule has 3 aromatic rings. The third-order valence-electron chi connectivity index (χ3n) is 5.67. The Kier molecular flexibility index (Phi) is 6.67. The number of aliphatic hydroxyl groups is 1. The fourth-order valence-electron chi connectivity index (χ4n) is 4.12. The largest absolute Gasteiger partial charge is 0.396 e. The van der Waals surface area contributed by atoms with Gasteiger partial charge in [-0.25, -0.2) is 9.97 Å². The molecule has 3 heterocycles. The van der Waals surface area contributed by atoms with Crippen molar-refractivity contribution in [2.24, 2.45) is 0 Å². The molecular weight excluding hydrogens is 362 g/mol. The van der Waals surface area contributed by atoms with Crippen molar-refractivity contribution in [3.05, 3.63) is 78.4 Å². The number of hydrogen-bond acceptors (Lipinski definition) is 5. The predicted octanol–water partition coefficient (Wildman–Crippen LogP) is 2.38. The van der Waals surface area contributed by atoms with E-state index in [1.807, 2.05) is 18.3 Å². The molecule has 6 heteroatoms. The fourth-order valence-corrected chi connectivity index (χ4v) is 4.12. The molecule has 0 amide bonds. The maximum absolute atomic E-state index is 9.59. The van der Waals surface area contributed by atoms with Gasteiger partial charge >= 0.3 is 0 Å². The molecule has 1 saturated heterocycles. The SMILES string of the molecule is OCC[C@@H]1CN(Cc2cccn2-c2ncccn2)CCN1CCc1ccccc1. The molecule has 0 radical (unpaired) electrons. The highest BCUT2D eigenvalue weighted by Gasteiger charge is 2.27. The molecule has 1 aliphatic heterocycles. The fraction of sp³-hybridized carbons (Fsp3) is 0.391. The van der Waals surface area contributed by atoms with Crippen molar-refractivity contribution in [3.63, 3.8) is 0 Å². The van der Waals surface area contributed by atoms with Crippen LogP contribution in [-0.2, 0) is 13.0 Å². The summed E-state index contributed by atoms with van der Waals surface area (Å²) in [5, 5.41) is 9.59. The standard InChI is InChI=1S/C23H29N5O/c29-17-10-21-18-26(15-16-27(21)14-9-20-6-2-1-3-7-20)19-22-8-4-13-28(22)23-24-11-5-12-25-23/h1-8,11-13,21,29H,9-10,14-19H2/t21-/m1/s1. The second-order valence-corrected chi connectivity index (χ2v) is 7.59. The van der Waals surface area contributed by atoms with Crippen LogP contribution in [0.1, 0.15) is 17.7 Å². The lowest BCUT2D eigenvalue weighted by Gasteiger charge is -2.41. The summed E-state index contributed by atoms with van der Waals surface area (Å²) in [6.45, 7) is 5.15. The Morgan fingerprint density at radius 1 is 0.966 bits per heavy atom. The molecule has 1 N–H and O–H groups in total. The molecule has 4 rings (SSSR count). The normalized spacial score (nSPS) is 18.2. The molecule has 0 saturated carbocycles. The lowest BCUT2D eigenvalue weighted by molar-refractivity contribution is 0.0553. The van der Waals surface area contributed by atoms with Crippen molar-refractivity contribution < 1.29 is 5.11 Å². The number of aliphatic hydroxyl groups excluding tert-OH is 1. The molecule has 6 nitrogen and oxygen atoms in total. The number of benzene rings is 1. The Balaban J connectivity index is 1.38. The highest BCUT2D eigenvalue weighted by atomic mass is 16.3. The van der Waals surface area contributed by atoms with Crippen molar-refractivity contribution in [2.75, 3.05) is 32.8 Å². The van der Waals surface area contributed by atoms with Crippen molar-refractivity contribution in [1.29, 1.82) is 0 Å². The quantitative estimate of drug-likeness (QED) is 0.639. The first kappa shape index (κ1) is 19.8. The van der Waals surface area contributed by atoms with Crippen LogP contribution < -0.4 is 0 Å². The van der Waals surface area contributed by atoms with Gasteiger partial charge in [-0.15, -0.1) is 0 Å². The second-order valence-electron chi connectivity index (χ2n) is 7.59. The summed E-state index contributed by atoms with van der Waals surface area (Å²) in [4.78, 5) is 13.8. The van der Waals surface area contributed by atoms with E-state index >= 15 is 0 Å². The maximum Gasteiger partial charge on any atom is 0.233 e. The van der Waals surface area contributed by atoms with Crippen LogP contribution in [0.5, 0.6) is 0 Å². The van der Waals surface area contributed by atoms with Crippen LogP contribution in [0.3, 0.4) is 0 Å². The molecule has 0 spiro atoms. The third kappa shape index (κ3) is 5.09. The highest BCUT2D eigenvalue weighted by molar-refractivity contribution is 5.20. The summed E-state index contributed by atoms with van der Waals surface area (Å²) in [7, 11) is 0. The minimum Gasteiger partial charge on any atom is -0.396 e. The first-order chi connectivity index (χ1) is 14.3. The van der Waals surface area contributed by atoms with Crippen LogP contribution in [-0.4, -0.2) is 68.3 Å². The van der Waals surface area contributed by atoms with Crippen molar-refractivity contribution in [2.45, 2.75) is 25.4 Å². The minimum atomic E-state index is 0.231. The summed E-state index contributed by atoms with van der Waals surface area (Å²) < 4.78 is 2.06. The highest BCUT2D eigenvalue weighted by Crippen LogP contribution is 2.18. The first-order valence-corrected chi connectivity index (χ1v) is 10.4. The predicted molar refractivity (Wildman–Crippen MR) is 114 cm³/mol. The molecule has 29 heavy (non-hydrogen) atoms. The van der Waals surface area contributed by atoms with Crippen LogP contribution in [0.15, 0.2) is 67.1 Å². The smallest absolute Gasteiger partial charge is 0.233 e. The summed E-state index contributed by atoms with van der Waals surface area (Å²) in [6.07, 6.45) is 7.43. The van der Waals surface area contributed by atoms with Crippen molar-refractivity contribution in [3.8, 4) is 5.95 Å². The minimum absolute atomic E-state index is 0.231. The monoisotopic (exact) mass is 391 g/mol. The zero-order valence-electron chi connectivity index (χ0n) is 16.8. The Morgan fingerprint density at radius 2 is 1.79 bits per heavy atom. The number of hydrogen-bond donors (Lipinski definition) is 1. The van der Waals surface area contributed by atoms with Crippen LogP contribution >= 0.6 is 0 Å². The van der Waals surface area contributed by atoms with Gasteiger partial charge in [-0.3, -0.25) is 14.4 Å². The molecule has 152 valence electrons. The average Bonchev–Trinajstić information content (AvgIpc) is 3.23. The Labute approximate surface area is 172 Å². The van der Waals surface area contributed by atoms with Gasteiger partial charge in [0.25, 0.3) is 0 Å². The van der Waals surface area contributed by atoms with Gasteiger partial charge in [0.2, 0.25) is 5.95 Å². The van der Waals surface area contributed by atoms with Gasteiger partial charge in [-0.1, -0.05) is 30.3 Å². The lowest BCUT2D eigenvalue weighted by atomic mass is 10.1. The van der Waals surface area contributed by atoms with Crippen molar-refractivity contribution in [1.82, 2.24) is 24.3 Å². The summed E-state index contributed by atoms with van der Waals surface area (Å²) in [5.41, 5.74) is 2.56. The molecule has 1 fully saturated rings. The Bertz CT molecular complexity index is 867. The molecular formula is C23H29N5O. The first-order valence-electron chi connectivity index (χ1n) is 10.4. The van der Waals surface area contributed by atoms with Gasteiger partial charge in [0.05, 0.1) is 0 Å². The van der Waals surface area contributed by atoms with E-state index in [1.54, 1.807) is 12.4 Å². The number of nitrogens with zero attached hydrogens (tertiary/aromatic N) is 5. The Morgan fingerprint density at radius 3 is 2.59 bits per heavy atom. The number of piperazine rings is 1. The van der Waals surface area contributed by atoms with E-state index in [0.717, 1.165) is 45.6 Å². The van der Waals surface area contributed by atoms with E-state index in [4.69, 9.17) is 0 Å². The van der Waals surface area contributed by atoms with Gasteiger partial charge < -0.3 is 5.11 Å².